The Bertz CT molecular complexity index is 329. The van der Waals surface area contributed by atoms with E-state index in [1.54, 1.807) is 0 Å². The SMILES string of the molecule is CC1CCN(C)CC1.CC1CCN(C)C[C@@H]1O.CC1CCN(C)C[C@H]1F. The van der Waals surface area contributed by atoms with Crippen LogP contribution in [-0.2, 0) is 0 Å². The third kappa shape index (κ3) is 9.63. The topological polar surface area (TPSA) is 30.0 Å². The van der Waals surface area contributed by atoms with Crippen molar-refractivity contribution in [2.75, 3.05) is 60.4 Å². The van der Waals surface area contributed by atoms with E-state index in [0.717, 1.165) is 38.4 Å². The molecule has 0 spiro atoms. The number of β-amino-alcohol motifs (C(OH)–C–C–N with tert-alkyl or cyclic N) is 1. The van der Waals surface area contributed by atoms with Crippen molar-refractivity contribution in [3.05, 3.63) is 0 Å². The van der Waals surface area contributed by atoms with Crippen LogP contribution in [0.4, 0.5) is 4.39 Å². The molecule has 156 valence electrons. The molecule has 1 N–H and O–H groups in total. The van der Waals surface area contributed by atoms with Crippen molar-refractivity contribution in [1.29, 1.82) is 0 Å². The number of likely N-dealkylation sites (N-methyl/N-ethyl adjacent to an activating group) is 1. The average Bonchev–Trinajstić information content (AvgIpc) is 2.59. The molecule has 0 aromatic rings. The zero-order chi connectivity index (χ0) is 19.7. The van der Waals surface area contributed by atoms with Gasteiger partial charge in [0.05, 0.1) is 6.10 Å². The predicted molar refractivity (Wildman–Crippen MR) is 109 cm³/mol. The van der Waals surface area contributed by atoms with Crippen molar-refractivity contribution >= 4 is 0 Å². The van der Waals surface area contributed by atoms with Gasteiger partial charge >= 0.3 is 0 Å². The Morgan fingerprint density at radius 3 is 1.54 bits per heavy atom. The molecule has 3 aliphatic heterocycles. The molecule has 3 heterocycles. The Morgan fingerprint density at radius 1 is 0.692 bits per heavy atom. The largest absolute Gasteiger partial charge is 0.392 e. The van der Waals surface area contributed by atoms with Crippen LogP contribution in [0, 0.1) is 17.8 Å². The van der Waals surface area contributed by atoms with Gasteiger partial charge in [-0.2, -0.15) is 0 Å². The number of nitrogens with zero attached hydrogens (tertiary/aromatic N) is 3. The molecule has 0 aromatic heterocycles. The second-order valence-electron chi connectivity index (χ2n) is 9.13. The van der Waals surface area contributed by atoms with E-state index in [1.165, 1.54) is 25.9 Å². The Labute approximate surface area is 161 Å². The summed E-state index contributed by atoms with van der Waals surface area (Å²) in [6, 6.07) is 0. The molecule has 3 saturated heterocycles. The van der Waals surface area contributed by atoms with Crippen molar-refractivity contribution in [3.63, 3.8) is 0 Å². The number of hydrogen-bond donors (Lipinski definition) is 1. The van der Waals surface area contributed by atoms with Crippen LogP contribution in [0.1, 0.15) is 46.5 Å². The first-order valence-corrected chi connectivity index (χ1v) is 10.6. The monoisotopic (exact) mass is 373 g/mol. The number of hydrogen-bond acceptors (Lipinski definition) is 4. The minimum atomic E-state index is -0.594. The smallest absolute Gasteiger partial charge is 0.115 e. The summed E-state index contributed by atoms with van der Waals surface area (Å²) in [5, 5.41) is 9.31. The molecule has 4 nitrogen and oxygen atoms in total. The summed E-state index contributed by atoms with van der Waals surface area (Å²) in [5.41, 5.74) is 0. The molecule has 0 aromatic carbocycles. The van der Waals surface area contributed by atoms with E-state index in [0.29, 0.717) is 12.5 Å². The van der Waals surface area contributed by atoms with Gasteiger partial charge in [0.1, 0.15) is 6.17 Å². The van der Waals surface area contributed by atoms with Gasteiger partial charge in [-0.15, -0.1) is 0 Å². The lowest BCUT2D eigenvalue weighted by molar-refractivity contribution is 0.0404. The first kappa shape index (κ1) is 23.8. The molecule has 0 aliphatic carbocycles. The maximum Gasteiger partial charge on any atom is 0.115 e. The minimum Gasteiger partial charge on any atom is -0.392 e. The highest BCUT2D eigenvalue weighted by atomic mass is 19.1. The van der Waals surface area contributed by atoms with Gasteiger partial charge in [0.15, 0.2) is 0 Å². The number of aliphatic hydroxyl groups excluding tert-OH is 1. The second-order valence-corrected chi connectivity index (χ2v) is 9.13. The third-order valence-corrected chi connectivity index (χ3v) is 6.20. The summed E-state index contributed by atoms with van der Waals surface area (Å²) in [5.74, 6) is 1.76. The summed E-state index contributed by atoms with van der Waals surface area (Å²) in [7, 11) is 6.22. The number of aliphatic hydroxyl groups is 1. The number of halogens is 1. The molecule has 0 bridgehead atoms. The van der Waals surface area contributed by atoms with E-state index in [1.807, 2.05) is 18.9 Å². The van der Waals surface area contributed by atoms with Crippen molar-refractivity contribution < 1.29 is 9.50 Å². The molecular weight excluding hydrogens is 329 g/mol. The summed E-state index contributed by atoms with van der Waals surface area (Å²) < 4.78 is 12.8. The standard InChI is InChI=1S/C7H14FN.C7H15NO.C7H15N/c1-6-3-4-9(2)5-7(6)8;1-6-3-4-8(2)5-7(6)9;1-7-3-5-8(2)6-4-7/h6-7H,3-5H2,1-2H3;6-7,9H,3-5H2,1-2H3;7H,3-6H2,1-2H3/t2*6?,7-;/m10./s1. The normalized spacial score (nSPS) is 35.1. The number of likely N-dealkylation sites (tertiary alicyclic amines) is 3. The highest BCUT2D eigenvalue weighted by Crippen LogP contribution is 2.18. The van der Waals surface area contributed by atoms with Gasteiger partial charge in [0.2, 0.25) is 0 Å². The van der Waals surface area contributed by atoms with Crippen LogP contribution in [-0.4, -0.2) is 92.5 Å². The number of rotatable bonds is 0. The van der Waals surface area contributed by atoms with E-state index in [-0.39, 0.29) is 12.0 Å². The van der Waals surface area contributed by atoms with E-state index in [4.69, 9.17) is 0 Å². The van der Waals surface area contributed by atoms with Gasteiger partial charge in [-0.3, -0.25) is 0 Å². The molecule has 3 aliphatic rings. The molecule has 4 atom stereocenters. The maximum atomic E-state index is 12.8. The van der Waals surface area contributed by atoms with Crippen LogP contribution in [0.5, 0.6) is 0 Å². The molecule has 5 heteroatoms. The van der Waals surface area contributed by atoms with Gasteiger partial charge in [-0.05, 0) is 90.8 Å². The Hall–Kier alpha value is -0.230. The first-order chi connectivity index (χ1) is 12.2. The van der Waals surface area contributed by atoms with Crippen LogP contribution in [0.3, 0.4) is 0 Å². The Balaban J connectivity index is 0.000000195. The third-order valence-electron chi connectivity index (χ3n) is 6.20. The van der Waals surface area contributed by atoms with Gasteiger partial charge in [-0.25, -0.2) is 4.39 Å². The van der Waals surface area contributed by atoms with Crippen molar-refractivity contribution in [3.8, 4) is 0 Å². The fourth-order valence-corrected chi connectivity index (χ4v) is 3.52. The van der Waals surface area contributed by atoms with E-state index >= 15 is 0 Å². The van der Waals surface area contributed by atoms with Crippen LogP contribution < -0.4 is 0 Å². The lowest BCUT2D eigenvalue weighted by Gasteiger charge is -2.31. The summed E-state index contributed by atoms with van der Waals surface area (Å²) >= 11 is 0. The molecule has 2 unspecified atom stereocenters. The first-order valence-electron chi connectivity index (χ1n) is 10.6. The second kappa shape index (κ2) is 12.3. The Morgan fingerprint density at radius 2 is 1.15 bits per heavy atom. The quantitative estimate of drug-likeness (QED) is 0.707. The van der Waals surface area contributed by atoms with Crippen molar-refractivity contribution in [2.24, 2.45) is 17.8 Å². The summed E-state index contributed by atoms with van der Waals surface area (Å²) in [6.45, 7) is 12.7. The lowest BCUT2D eigenvalue weighted by atomic mass is 9.97. The van der Waals surface area contributed by atoms with E-state index < -0.39 is 6.17 Å². The van der Waals surface area contributed by atoms with Crippen LogP contribution in [0.25, 0.3) is 0 Å². The van der Waals surface area contributed by atoms with Crippen LogP contribution in [0.2, 0.25) is 0 Å². The van der Waals surface area contributed by atoms with Gasteiger partial charge < -0.3 is 19.8 Å². The average molecular weight is 374 g/mol. The summed E-state index contributed by atoms with van der Waals surface area (Å²) in [6.07, 6.45) is 4.26. The molecule has 0 radical (unpaired) electrons. The minimum absolute atomic E-state index is 0.0938. The number of alkyl halides is 1. The lowest BCUT2D eigenvalue weighted by Crippen LogP contribution is -2.40. The van der Waals surface area contributed by atoms with Gasteiger partial charge in [0, 0.05) is 13.1 Å². The fraction of sp³-hybridized carbons (Fsp3) is 1.00. The zero-order valence-electron chi connectivity index (χ0n) is 18.1. The van der Waals surface area contributed by atoms with Crippen LogP contribution in [0.15, 0.2) is 0 Å². The van der Waals surface area contributed by atoms with E-state index in [9.17, 15) is 9.50 Å². The molecule has 0 saturated carbocycles. The number of piperidine rings is 3. The van der Waals surface area contributed by atoms with Gasteiger partial charge in [-0.1, -0.05) is 20.8 Å². The predicted octanol–water partition coefficient (Wildman–Crippen LogP) is 2.96. The highest BCUT2D eigenvalue weighted by Gasteiger charge is 2.23. The summed E-state index contributed by atoms with van der Waals surface area (Å²) in [4.78, 5) is 6.62. The van der Waals surface area contributed by atoms with Crippen molar-refractivity contribution in [1.82, 2.24) is 14.7 Å². The van der Waals surface area contributed by atoms with Gasteiger partial charge in [0.25, 0.3) is 0 Å². The zero-order valence-corrected chi connectivity index (χ0v) is 18.1. The molecular formula is C21H44FN3O. The fourth-order valence-electron chi connectivity index (χ4n) is 3.52. The molecule has 3 fully saturated rings. The maximum absolute atomic E-state index is 12.8. The molecule has 3 rings (SSSR count). The Kier molecular flexibility index (Phi) is 11.2. The molecule has 0 amide bonds. The van der Waals surface area contributed by atoms with E-state index in [2.05, 4.69) is 37.7 Å². The van der Waals surface area contributed by atoms with Crippen LogP contribution >= 0.6 is 0 Å². The highest BCUT2D eigenvalue weighted by molar-refractivity contribution is 4.75. The molecule has 26 heavy (non-hydrogen) atoms. The van der Waals surface area contributed by atoms with Crippen molar-refractivity contribution in [2.45, 2.75) is 58.7 Å².